The molecular weight excluding hydrogens is 437 g/mol. The maximum absolute atomic E-state index is 10.2. The summed E-state index contributed by atoms with van der Waals surface area (Å²) >= 11 is 0. The van der Waals surface area contributed by atoms with Crippen LogP contribution in [0.5, 0.6) is 0 Å². The Morgan fingerprint density at radius 1 is 0.962 bits per heavy atom. The van der Waals surface area contributed by atoms with Crippen molar-refractivity contribution in [1.82, 2.24) is 10.6 Å². The molecule has 3 N–H and O–H groups in total. The molecule has 2 aromatic carbocycles. The molecule has 2 aromatic rings. The van der Waals surface area contributed by atoms with Gasteiger partial charge in [0.1, 0.15) is 0 Å². The van der Waals surface area contributed by atoms with E-state index in [-0.39, 0.29) is 24.0 Å². The molecule has 0 radical (unpaired) electrons. The molecule has 0 aromatic heterocycles. The molecule has 0 aliphatic rings. The molecule has 0 amide bonds. The first-order valence-corrected chi connectivity index (χ1v) is 9.00. The fourth-order valence-electron chi connectivity index (χ4n) is 2.63. The normalized spacial score (nSPS) is 13.4. The van der Waals surface area contributed by atoms with E-state index in [0.717, 1.165) is 24.6 Å². The second kappa shape index (κ2) is 12.7. The van der Waals surface area contributed by atoms with Gasteiger partial charge in [-0.3, -0.25) is 4.99 Å². The lowest BCUT2D eigenvalue weighted by atomic mass is 10.0. The second-order valence-electron chi connectivity index (χ2n) is 6.17. The molecule has 0 aliphatic heterocycles. The van der Waals surface area contributed by atoms with Gasteiger partial charge in [-0.1, -0.05) is 67.6 Å². The van der Waals surface area contributed by atoms with Gasteiger partial charge in [-0.25, -0.2) is 0 Å². The molecule has 0 fully saturated rings. The maximum Gasteiger partial charge on any atom is 0.191 e. The number of benzene rings is 2. The SMILES string of the molecule is CCNC(=NCC(C)c1ccccc1)NCCC(O)c1ccccc1.I. The zero-order valence-corrected chi connectivity index (χ0v) is 17.9. The second-order valence-corrected chi connectivity index (χ2v) is 6.17. The van der Waals surface area contributed by atoms with E-state index >= 15 is 0 Å². The predicted octanol–water partition coefficient (Wildman–Crippen LogP) is 4.09. The highest BCUT2D eigenvalue weighted by molar-refractivity contribution is 14.0. The average molecular weight is 467 g/mol. The quantitative estimate of drug-likeness (QED) is 0.312. The number of halogens is 1. The third kappa shape index (κ3) is 7.74. The highest BCUT2D eigenvalue weighted by atomic mass is 127. The van der Waals surface area contributed by atoms with E-state index in [1.54, 1.807) is 0 Å². The largest absolute Gasteiger partial charge is 0.388 e. The van der Waals surface area contributed by atoms with Gasteiger partial charge in [0.25, 0.3) is 0 Å². The topological polar surface area (TPSA) is 56.7 Å². The molecule has 0 heterocycles. The van der Waals surface area contributed by atoms with Crippen molar-refractivity contribution in [1.29, 1.82) is 0 Å². The lowest BCUT2D eigenvalue weighted by molar-refractivity contribution is 0.168. The molecule has 4 nitrogen and oxygen atoms in total. The predicted molar refractivity (Wildman–Crippen MR) is 120 cm³/mol. The zero-order chi connectivity index (χ0) is 17.9. The fraction of sp³-hybridized carbons (Fsp3) is 0.381. The summed E-state index contributed by atoms with van der Waals surface area (Å²) in [5.41, 5.74) is 2.24. The van der Waals surface area contributed by atoms with Gasteiger partial charge in [0, 0.05) is 25.6 Å². The van der Waals surface area contributed by atoms with Crippen LogP contribution in [0.15, 0.2) is 65.7 Å². The third-order valence-corrected chi connectivity index (χ3v) is 4.13. The van der Waals surface area contributed by atoms with Gasteiger partial charge in [-0.05, 0) is 24.5 Å². The van der Waals surface area contributed by atoms with Crippen LogP contribution in [0.1, 0.15) is 43.4 Å². The summed E-state index contributed by atoms with van der Waals surface area (Å²) in [5, 5.41) is 16.8. The number of aliphatic imine (C=N–C) groups is 1. The molecular formula is C21H30IN3O. The fourth-order valence-corrected chi connectivity index (χ4v) is 2.63. The molecule has 0 saturated carbocycles. The number of hydrogen-bond donors (Lipinski definition) is 3. The number of hydrogen-bond acceptors (Lipinski definition) is 2. The number of guanidine groups is 1. The number of nitrogens with zero attached hydrogens (tertiary/aromatic N) is 1. The molecule has 142 valence electrons. The van der Waals surface area contributed by atoms with E-state index < -0.39 is 6.10 Å². The Labute approximate surface area is 174 Å². The van der Waals surface area contributed by atoms with Crippen molar-refractivity contribution >= 4 is 29.9 Å². The van der Waals surface area contributed by atoms with Crippen LogP contribution in [-0.2, 0) is 0 Å². The molecule has 2 unspecified atom stereocenters. The Balaban J connectivity index is 0.00000338. The van der Waals surface area contributed by atoms with Crippen LogP contribution in [0.2, 0.25) is 0 Å². The van der Waals surface area contributed by atoms with Crippen LogP contribution >= 0.6 is 24.0 Å². The molecule has 0 aliphatic carbocycles. The maximum atomic E-state index is 10.2. The van der Waals surface area contributed by atoms with Crippen LogP contribution in [0.4, 0.5) is 0 Å². The number of rotatable bonds is 8. The smallest absolute Gasteiger partial charge is 0.191 e. The minimum atomic E-state index is -0.459. The molecule has 26 heavy (non-hydrogen) atoms. The van der Waals surface area contributed by atoms with Crippen molar-refractivity contribution in [2.24, 2.45) is 4.99 Å². The lowest BCUT2D eigenvalue weighted by Gasteiger charge is -2.15. The summed E-state index contributed by atoms with van der Waals surface area (Å²) < 4.78 is 0. The molecule has 0 bridgehead atoms. The van der Waals surface area contributed by atoms with Gasteiger partial charge in [0.2, 0.25) is 0 Å². The van der Waals surface area contributed by atoms with E-state index in [1.807, 2.05) is 36.4 Å². The van der Waals surface area contributed by atoms with Gasteiger partial charge in [0.15, 0.2) is 5.96 Å². The number of aliphatic hydroxyl groups excluding tert-OH is 1. The van der Waals surface area contributed by atoms with Crippen molar-refractivity contribution in [3.05, 3.63) is 71.8 Å². The molecule has 5 heteroatoms. The van der Waals surface area contributed by atoms with Crippen LogP contribution in [-0.4, -0.2) is 30.7 Å². The Morgan fingerprint density at radius 2 is 1.54 bits per heavy atom. The standard InChI is InChI=1S/C21H29N3O.HI/c1-3-22-21(24-16-17(2)18-10-6-4-7-11-18)23-15-14-20(25)19-12-8-5-9-13-19;/h4-13,17,20,25H,3,14-16H2,1-2H3,(H2,22,23,24);1H. The van der Waals surface area contributed by atoms with E-state index in [1.165, 1.54) is 5.56 Å². The van der Waals surface area contributed by atoms with Crippen LogP contribution in [0, 0.1) is 0 Å². The summed E-state index contributed by atoms with van der Waals surface area (Å²) in [6.07, 6.45) is 0.183. The van der Waals surface area contributed by atoms with E-state index in [0.29, 0.717) is 18.9 Å². The van der Waals surface area contributed by atoms with E-state index in [4.69, 9.17) is 0 Å². The first-order valence-electron chi connectivity index (χ1n) is 9.00. The summed E-state index contributed by atoms with van der Waals surface area (Å²) in [5.74, 6) is 1.16. The van der Waals surface area contributed by atoms with Gasteiger partial charge >= 0.3 is 0 Å². The summed E-state index contributed by atoms with van der Waals surface area (Å²) in [6.45, 7) is 6.44. The van der Waals surface area contributed by atoms with Gasteiger partial charge < -0.3 is 15.7 Å². The zero-order valence-electron chi connectivity index (χ0n) is 15.6. The summed E-state index contributed by atoms with van der Waals surface area (Å²) in [4.78, 5) is 4.67. The number of aliphatic hydroxyl groups is 1. The Bertz CT molecular complexity index is 634. The van der Waals surface area contributed by atoms with Crippen LogP contribution < -0.4 is 10.6 Å². The Morgan fingerprint density at radius 3 is 2.12 bits per heavy atom. The number of nitrogens with one attached hydrogen (secondary N) is 2. The van der Waals surface area contributed by atoms with Crippen molar-refractivity contribution in [3.63, 3.8) is 0 Å². The first kappa shape index (κ1) is 22.4. The van der Waals surface area contributed by atoms with E-state index in [9.17, 15) is 5.11 Å². The monoisotopic (exact) mass is 467 g/mol. The molecule has 2 atom stereocenters. The average Bonchev–Trinajstić information content (AvgIpc) is 2.67. The first-order chi connectivity index (χ1) is 12.2. The van der Waals surface area contributed by atoms with Crippen molar-refractivity contribution in [2.45, 2.75) is 32.3 Å². The van der Waals surface area contributed by atoms with Crippen molar-refractivity contribution in [3.8, 4) is 0 Å². The van der Waals surface area contributed by atoms with Gasteiger partial charge in [-0.15, -0.1) is 24.0 Å². The Kier molecular flexibility index (Phi) is 11.0. The summed E-state index contributed by atoms with van der Waals surface area (Å²) in [7, 11) is 0. The molecule has 0 spiro atoms. The van der Waals surface area contributed by atoms with Crippen LogP contribution in [0.25, 0.3) is 0 Å². The highest BCUT2D eigenvalue weighted by Crippen LogP contribution is 2.15. The Hall–Kier alpha value is -1.60. The van der Waals surface area contributed by atoms with Crippen molar-refractivity contribution in [2.75, 3.05) is 19.6 Å². The van der Waals surface area contributed by atoms with Crippen LogP contribution in [0.3, 0.4) is 0 Å². The minimum Gasteiger partial charge on any atom is -0.388 e. The van der Waals surface area contributed by atoms with Crippen molar-refractivity contribution < 1.29 is 5.11 Å². The summed E-state index contributed by atoms with van der Waals surface area (Å²) in [6, 6.07) is 20.2. The van der Waals surface area contributed by atoms with Gasteiger partial charge in [-0.2, -0.15) is 0 Å². The third-order valence-electron chi connectivity index (χ3n) is 4.13. The minimum absolute atomic E-state index is 0. The molecule has 0 saturated heterocycles. The molecule has 2 rings (SSSR count). The highest BCUT2D eigenvalue weighted by Gasteiger charge is 2.08. The van der Waals surface area contributed by atoms with Gasteiger partial charge in [0.05, 0.1) is 6.10 Å². The lowest BCUT2D eigenvalue weighted by Crippen LogP contribution is -2.38. The van der Waals surface area contributed by atoms with E-state index in [2.05, 4.69) is 53.7 Å².